The number of benzene rings is 1. The Morgan fingerprint density at radius 3 is 2.95 bits per heavy atom. The zero-order valence-electron chi connectivity index (χ0n) is 10.6. The Morgan fingerprint density at radius 1 is 1.25 bits per heavy atom. The van der Waals surface area contributed by atoms with E-state index in [-0.39, 0.29) is 5.91 Å². The lowest BCUT2D eigenvalue weighted by Crippen LogP contribution is -2.23. The topological polar surface area (TPSA) is 68.5 Å². The van der Waals surface area contributed by atoms with E-state index in [0.29, 0.717) is 17.7 Å². The van der Waals surface area contributed by atoms with Gasteiger partial charge in [-0.15, -0.1) is 0 Å². The largest absolute Gasteiger partial charge is 0.278 e. The van der Waals surface area contributed by atoms with Gasteiger partial charge in [-0.05, 0) is 5.56 Å². The Labute approximate surface area is 115 Å². The number of carbonyl (C=O) groups is 1. The van der Waals surface area contributed by atoms with Crippen LogP contribution in [0.15, 0.2) is 55.1 Å². The Balaban J connectivity index is 1.65. The monoisotopic (exact) mass is 268 g/mol. The predicted octanol–water partition coefficient (Wildman–Crippen LogP) is 1.59. The third-order valence-corrected chi connectivity index (χ3v) is 2.82. The van der Waals surface area contributed by atoms with Crippen LogP contribution < -0.4 is 5.48 Å². The Hall–Kier alpha value is -2.73. The summed E-state index contributed by atoms with van der Waals surface area (Å²) in [4.78, 5) is 21.2. The van der Waals surface area contributed by atoms with Gasteiger partial charge in [-0.25, -0.2) is 10.00 Å². The molecule has 1 amide bonds. The summed E-state index contributed by atoms with van der Waals surface area (Å²) in [5, 5.41) is 4.07. The summed E-state index contributed by atoms with van der Waals surface area (Å²) in [6, 6.07) is 9.60. The van der Waals surface area contributed by atoms with Crippen molar-refractivity contribution in [3.63, 3.8) is 0 Å². The SMILES string of the molecule is O=C(NOCc1ccccc1)c1cnn2ccncc12. The zero-order chi connectivity index (χ0) is 13.8. The number of hydrogen-bond acceptors (Lipinski definition) is 4. The fraction of sp³-hybridized carbons (Fsp3) is 0.0714. The first-order valence-electron chi connectivity index (χ1n) is 6.08. The highest BCUT2D eigenvalue weighted by atomic mass is 16.6. The van der Waals surface area contributed by atoms with Gasteiger partial charge in [0.05, 0.1) is 30.1 Å². The molecule has 20 heavy (non-hydrogen) atoms. The van der Waals surface area contributed by atoms with E-state index in [9.17, 15) is 4.79 Å². The van der Waals surface area contributed by atoms with Crippen LogP contribution in [0, 0.1) is 0 Å². The number of fused-ring (bicyclic) bond motifs is 1. The number of hydrogen-bond donors (Lipinski definition) is 1. The van der Waals surface area contributed by atoms with Crippen molar-refractivity contribution in [1.29, 1.82) is 0 Å². The van der Waals surface area contributed by atoms with Gasteiger partial charge in [-0.1, -0.05) is 30.3 Å². The van der Waals surface area contributed by atoms with E-state index in [1.807, 2.05) is 30.3 Å². The van der Waals surface area contributed by atoms with Crippen LogP contribution in [0.4, 0.5) is 0 Å². The van der Waals surface area contributed by atoms with Crippen molar-refractivity contribution in [2.24, 2.45) is 0 Å². The van der Waals surface area contributed by atoms with Gasteiger partial charge in [-0.3, -0.25) is 14.6 Å². The maximum Gasteiger partial charge on any atom is 0.278 e. The molecule has 0 bridgehead atoms. The van der Waals surface area contributed by atoms with Gasteiger partial charge in [0.15, 0.2) is 0 Å². The molecule has 0 saturated heterocycles. The average molecular weight is 268 g/mol. The molecule has 0 saturated carbocycles. The Morgan fingerprint density at radius 2 is 2.10 bits per heavy atom. The first-order valence-corrected chi connectivity index (χ1v) is 6.08. The van der Waals surface area contributed by atoms with Crippen molar-refractivity contribution in [2.45, 2.75) is 6.61 Å². The van der Waals surface area contributed by atoms with E-state index < -0.39 is 0 Å². The highest BCUT2D eigenvalue weighted by Gasteiger charge is 2.12. The first kappa shape index (κ1) is 12.3. The molecular weight excluding hydrogens is 256 g/mol. The molecule has 0 aliphatic carbocycles. The van der Waals surface area contributed by atoms with Crippen LogP contribution in [0.1, 0.15) is 15.9 Å². The molecule has 2 heterocycles. The van der Waals surface area contributed by atoms with E-state index in [2.05, 4.69) is 15.6 Å². The number of amides is 1. The molecular formula is C14H12N4O2. The highest BCUT2D eigenvalue weighted by Crippen LogP contribution is 2.08. The summed E-state index contributed by atoms with van der Waals surface area (Å²) in [5.74, 6) is -0.344. The fourth-order valence-corrected chi connectivity index (χ4v) is 1.82. The predicted molar refractivity (Wildman–Crippen MR) is 71.7 cm³/mol. The standard InChI is InChI=1S/C14H12N4O2/c19-14(17-20-10-11-4-2-1-3-5-11)12-8-16-18-7-6-15-9-13(12)18/h1-9H,10H2,(H,17,19). The van der Waals surface area contributed by atoms with E-state index >= 15 is 0 Å². The molecule has 0 radical (unpaired) electrons. The number of carbonyl (C=O) groups excluding carboxylic acids is 1. The van der Waals surface area contributed by atoms with Gasteiger partial charge in [0, 0.05) is 12.4 Å². The first-order chi connectivity index (χ1) is 9.84. The van der Waals surface area contributed by atoms with Crippen LogP contribution in [0.2, 0.25) is 0 Å². The molecule has 2 aromatic heterocycles. The fourth-order valence-electron chi connectivity index (χ4n) is 1.82. The van der Waals surface area contributed by atoms with Crippen molar-refractivity contribution < 1.29 is 9.63 Å². The van der Waals surface area contributed by atoms with Gasteiger partial charge in [0.25, 0.3) is 5.91 Å². The second kappa shape index (κ2) is 5.50. The average Bonchev–Trinajstić information content (AvgIpc) is 2.92. The zero-order valence-corrected chi connectivity index (χ0v) is 10.6. The van der Waals surface area contributed by atoms with Gasteiger partial charge in [0.1, 0.15) is 0 Å². The minimum absolute atomic E-state index is 0.310. The van der Waals surface area contributed by atoms with E-state index in [0.717, 1.165) is 5.56 Å². The second-order valence-electron chi connectivity index (χ2n) is 4.17. The minimum Gasteiger partial charge on any atom is -0.269 e. The lowest BCUT2D eigenvalue weighted by atomic mass is 10.2. The molecule has 0 atom stereocenters. The molecule has 100 valence electrons. The van der Waals surface area contributed by atoms with Crippen molar-refractivity contribution in [2.75, 3.05) is 0 Å². The van der Waals surface area contributed by atoms with Gasteiger partial charge < -0.3 is 0 Å². The normalized spacial score (nSPS) is 10.6. The van der Waals surface area contributed by atoms with Gasteiger partial charge in [-0.2, -0.15) is 5.10 Å². The molecule has 3 aromatic rings. The van der Waals surface area contributed by atoms with Crippen molar-refractivity contribution in [1.82, 2.24) is 20.1 Å². The van der Waals surface area contributed by atoms with E-state index in [1.165, 1.54) is 6.20 Å². The third-order valence-electron chi connectivity index (χ3n) is 2.82. The highest BCUT2D eigenvalue weighted by molar-refractivity contribution is 5.99. The minimum atomic E-state index is -0.344. The molecule has 0 aliphatic heterocycles. The van der Waals surface area contributed by atoms with Crippen LogP contribution in [0.3, 0.4) is 0 Å². The summed E-state index contributed by atoms with van der Waals surface area (Å²) < 4.78 is 1.58. The van der Waals surface area contributed by atoms with Crippen LogP contribution in [-0.4, -0.2) is 20.5 Å². The van der Waals surface area contributed by atoms with Crippen molar-refractivity contribution >= 4 is 11.4 Å². The third kappa shape index (κ3) is 2.50. The summed E-state index contributed by atoms with van der Waals surface area (Å²) in [6.45, 7) is 0.310. The van der Waals surface area contributed by atoms with Crippen LogP contribution in [-0.2, 0) is 11.4 Å². The van der Waals surface area contributed by atoms with Crippen molar-refractivity contribution in [3.8, 4) is 0 Å². The van der Waals surface area contributed by atoms with Gasteiger partial charge in [0.2, 0.25) is 0 Å². The molecule has 0 fully saturated rings. The molecule has 1 aromatic carbocycles. The molecule has 0 spiro atoms. The lowest BCUT2D eigenvalue weighted by Gasteiger charge is -2.04. The Kier molecular flexibility index (Phi) is 3.38. The van der Waals surface area contributed by atoms with Crippen LogP contribution in [0.25, 0.3) is 5.52 Å². The summed E-state index contributed by atoms with van der Waals surface area (Å²) in [6.07, 6.45) is 6.35. The number of aromatic nitrogens is 3. The number of hydroxylamine groups is 1. The summed E-state index contributed by atoms with van der Waals surface area (Å²) in [5.41, 5.74) is 4.44. The molecule has 3 rings (SSSR count). The molecule has 1 N–H and O–H groups in total. The van der Waals surface area contributed by atoms with Crippen LogP contribution in [0.5, 0.6) is 0 Å². The number of rotatable bonds is 4. The summed E-state index contributed by atoms with van der Waals surface area (Å²) in [7, 11) is 0. The maximum absolute atomic E-state index is 12.0. The van der Waals surface area contributed by atoms with Gasteiger partial charge >= 0.3 is 0 Å². The number of nitrogens with zero attached hydrogens (tertiary/aromatic N) is 3. The van der Waals surface area contributed by atoms with Crippen molar-refractivity contribution in [3.05, 3.63) is 66.2 Å². The maximum atomic E-state index is 12.0. The molecule has 6 nitrogen and oxygen atoms in total. The Bertz CT molecular complexity index is 724. The van der Waals surface area contributed by atoms with Crippen LogP contribution >= 0.6 is 0 Å². The lowest BCUT2D eigenvalue weighted by molar-refractivity contribution is 0.0235. The summed E-state index contributed by atoms with van der Waals surface area (Å²) >= 11 is 0. The molecule has 0 unspecified atom stereocenters. The quantitative estimate of drug-likeness (QED) is 0.730. The number of nitrogens with one attached hydrogen (secondary N) is 1. The van der Waals surface area contributed by atoms with E-state index in [1.54, 1.807) is 23.1 Å². The second-order valence-corrected chi connectivity index (χ2v) is 4.17. The molecule has 6 heteroatoms. The molecule has 0 aliphatic rings. The van der Waals surface area contributed by atoms with E-state index in [4.69, 9.17) is 4.84 Å². The smallest absolute Gasteiger partial charge is 0.269 e.